The van der Waals surface area contributed by atoms with Gasteiger partial charge in [-0.15, -0.1) is 0 Å². The van der Waals surface area contributed by atoms with E-state index in [-0.39, 0.29) is 29.3 Å². The number of rotatable bonds is 6. The van der Waals surface area contributed by atoms with E-state index in [1.807, 2.05) is 0 Å². The third-order valence-corrected chi connectivity index (χ3v) is 4.46. The summed E-state index contributed by atoms with van der Waals surface area (Å²) in [5.41, 5.74) is 0.466. The number of esters is 1. The van der Waals surface area contributed by atoms with Crippen LogP contribution in [-0.4, -0.2) is 33.0 Å². The highest BCUT2D eigenvalue weighted by Crippen LogP contribution is 2.14. The third-order valence-electron chi connectivity index (χ3n) is 2.64. The molecular formula is C13H16O5S. The summed E-state index contributed by atoms with van der Waals surface area (Å²) in [6, 6.07) is 5.78. The van der Waals surface area contributed by atoms with E-state index in [4.69, 9.17) is 0 Å². The van der Waals surface area contributed by atoms with Gasteiger partial charge in [0.05, 0.1) is 17.8 Å². The summed E-state index contributed by atoms with van der Waals surface area (Å²) in [5, 5.41) is 0. The molecule has 19 heavy (non-hydrogen) atoms. The molecule has 0 unspecified atom stereocenters. The van der Waals surface area contributed by atoms with E-state index in [9.17, 15) is 18.0 Å². The van der Waals surface area contributed by atoms with Gasteiger partial charge >= 0.3 is 5.97 Å². The van der Waals surface area contributed by atoms with E-state index < -0.39 is 15.8 Å². The van der Waals surface area contributed by atoms with Gasteiger partial charge in [0, 0.05) is 12.0 Å². The first-order chi connectivity index (χ1) is 8.86. The van der Waals surface area contributed by atoms with Gasteiger partial charge in [-0.3, -0.25) is 9.59 Å². The van der Waals surface area contributed by atoms with Crippen LogP contribution in [-0.2, 0) is 19.4 Å². The van der Waals surface area contributed by atoms with Gasteiger partial charge in [0.25, 0.3) is 0 Å². The first-order valence-corrected chi connectivity index (χ1v) is 7.42. The zero-order valence-corrected chi connectivity index (χ0v) is 11.7. The van der Waals surface area contributed by atoms with Gasteiger partial charge in [-0.05, 0) is 25.5 Å². The minimum atomic E-state index is -3.43. The molecule has 0 saturated heterocycles. The van der Waals surface area contributed by atoms with Crippen molar-refractivity contribution in [1.82, 2.24) is 0 Å². The largest absolute Gasteiger partial charge is 0.469 e. The topological polar surface area (TPSA) is 77.5 Å². The van der Waals surface area contributed by atoms with Gasteiger partial charge < -0.3 is 4.74 Å². The number of hydrogen-bond acceptors (Lipinski definition) is 5. The Bertz CT molecular complexity index is 557. The second-order valence-electron chi connectivity index (χ2n) is 4.08. The fourth-order valence-corrected chi connectivity index (χ4v) is 2.83. The smallest absolute Gasteiger partial charge is 0.305 e. The van der Waals surface area contributed by atoms with Crippen molar-refractivity contribution in [2.24, 2.45) is 0 Å². The molecule has 0 aliphatic rings. The lowest BCUT2D eigenvalue weighted by Gasteiger charge is -2.04. The van der Waals surface area contributed by atoms with Gasteiger partial charge in [-0.25, -0.2) is 8.42 Å². The number of methoxy groups -OCH3 is 1. The lowest BCUT2D eigenvalue weighted by molar-refractivity contribution is -0.140. The quantitative estimate of drug-likeness (QED) is 0.586. The van der Waals surface area contributed by atoms with Crippen LogP contribution >= 0.6 is 0 Å². The zero-order valence-electron chi connectivity index (χ0n) is 10.9. The third kappa shape index (κ3) is 4.48. The second-order valence-corrected chi connectivity index (χ2v) is 6.19. The minimum Gasteiger partial charge on any atom is -0.469 e. The van der Waals surface area contributed by atoms with Crippen LogP contribution in [0.3, 0.4) is 0 Å². The van der Waals surface area contributed by atoms with Crippen molar-refractivity contribution < 1.29 is 22.7 Å². The van der Waals surface area contributed by atoms with Crippen molar-refractivity contribution in [3.8, 4) is 0 Å². The number of hydrogen-bond donors (Lipinski definition) is 0. The molecule has 0 fully saturated rings. The Labute approximate surface area is 112 Å². The molecule has 0 saturated carbocycles. The van der Waals surface area contributed by atoms with Crippen LogP contribution < -0.4 is 0 Å². The highest BCUT2D eigenvalue weighted by molar-refractivity contribution is 7.91. The maximum absolute atomic E-state index is 11.9. The van der Waals surface area contributed by atoms with E-state index >= 15 is 0 Å². The maximum Gasteiger partial charge on any atom is 0.305 e. The predicted octanol–water partition coefficient (Wildman–Crippen LogP) is 1.62. The Morgan fingerprint density at radius 1 is 1.16 bits per heavy atom. The molecule has 0 N–H and O–H groups in total. The Kier molecular flexibility index (Phi) is 5.23. The molecule has 1 rings (SSSR count). The summed E-state index contributed by atoms with van der Waals surface area (Å²) in [7, 11) is -2.16. The summed E-state index contributed by atoms with van der Waals surface area (Å²) < 4.78 is 28.3. The summed E-state index contributed by atoms with van der Waals surface area (Å²) in [5.74, 6) is -0.668. The highest BCUT2D eigenvalue weighted by atomic mass is 32.2. The Hall–Kier alpha value is -1.69. The summed E-state index contributed by atoms with van der Waals surface area (Å²) in [6.07, 6.45) is 0.282. The van der Waals surface area contributed by atoms with E-state index in [1.54, 1.807) is 0 Å². The van der Waals surface area contributed by atoms with Gasteiger partial charge in [-0.1, -0.05) is 12.1 Å². The fourth-order valence-electron chi connectivity index (χ4n) is 1.52. The Balaban J connectivity index is 2.72. The van der Waals surface area contributed by atoms with Crippen molar-refractivity contribution in [2.75, 3.05) is 12.9 Å². The van der Waals surface area contributed by atoms with Crippen LogP contribution in [0.2, 0.25) is 0 Å². The average molecular weight is 284 g/mol. The van der Waals surface area contributed by atoms with Crippen LogP contribution in [0.1, 0.15) is 30.1 Å². The van der Waals surface area contributed by atoms with Crippen LogP contribution in [0.25, 0.3) is 0 Å². The monoisotopic (exact) mass is 284 g/mol. The molecule has 0 aliphatic carbocycles. The van der Waals surface area contributed by atoms with Crippen molar-refractivity contribution in [3.05, 3.63) is 29.8 Å². The molecule has 0 amide bonds. The van der Waals surface area contributed by atoms with Crippen LogP contribution in [0.4, 0.5) is 0 Å². The summed E-state index contributed by atoms with van der Waals surface area (Å²) >= 11 is 0. The first-order valence-electron chi connectivity index (χ1n) is 5.77. The number of sulfone groups is 1. The number of ether oxygens (including phenoxy) is 1. The predicted molar refractivity (Wildman–Crippen MR) is 69.7 cm³/mol. The lowest BCUT2D eigenvalue weighted by atomic mass is 10.2. The number of carbonyl (C=O) groups excluding carboxylic acids is 2. The molecule has 0 aromatic heterocycles. The summed E-state index contributed by atoms with van der Waals surface area (Å²) in [4.78, 5) is 22.1. The molecule has 6 heteroatoms. The number of ketones is 1. The Morgan fingerprint density at radius 3 is 2.21 bits per heavy atom. The van der Waals surface area contributed by atoms with Gasteiger partial charge in [0.2, 0.25) is 0 Å². The second kappa shape index (κ2) is 6.47. The molecule has 1 aromatic rings. The van der Waals surface area contributed by atoms with E-state index in [0.717, 1.165) is 0 Å². The molecule has 104 valence electrons. The Morgan fingerprint density at radius 2 is 1.74 bits per heavy atom. The van der Waals surface area contributed by atoms with Crippen molar-refractivity contribution >= 4 is 21.6 Å². The SMILES string of the molecule is COC(=O)CCCS(=O)(=O)c1ccc(C(C)=O)cc1. The molecule has 5 nitrogen and oxygen atoms in total. The summed E-state index contributed by atoms with van der Waals surface area (Å²) in [6.45, 7) is 1.42. The number of carbonyl (C=O) groups is 2. The zero-order chi connectivity index (χ0) is 14.5. The number of benzene rings is 1. The van der Waals surface area contributed by atoms with E-state index in [1.165, 1.54) is 38.3 Å². The van der Waals surface area contributed by atoms with Crippen molar-refractivity contribution in [1.29, 1.82) is 0 Å². The van der Waals surface area contributed by atoms with E-state index in [0.29, 0.717) is 5.56 Å². The molecule has 0 heterocycles. The molecule has 0 radical (unpaired) electrons. The van der Waals surface area contributed by atoms with Gasteiger partial charge in [-0.2, -0.15) is 0 Å². The lowest BCUT2D eigenvalue weighted by Crippen LogP contribution is -2.10. The molecule has 0 spiro atoms. The van der Waals surface area contributed by atoms with Crippen molar-refractivity contribution in [2.45, 2.75) is 24.7 Å². The average Bonchev–Trinajstić information content (AvgIpc) is 2.38. The normalized spacial score (nSPS) is 11.1. The standard InChI is InChI=1S/C13H16O5S/c1-10(14)11-5-7-12(8-6-11)19(16,17)9-3-4-13(15)18-2/h5-8H,3-4,9H2,1-2H3. The van der Waals surface area contributed by atoms with Crippen molar-refractivity contribution in [3.63, 3.8) is 0 Å². The van der Waals surface area contributed by atoms with Gasteiger partial charge in [0.1, 0.15) is 0 Å². The molecular weight excluding hydrogens is 268 g/mol. The minimum absolute atomic E-state index is 0.0707. The van der Waals surface area contributed by atoms with E-state index in [2.05, 4.69) is 4.74 Å². The first kappa shape index (κ1) is 15.4. The van der Waals surface area contributed by atoms with Crippen LogP contribution in [0.15, 0.2) is 29.2 Å². The van der Waals surface area contributed by atoms with Crippen LogP contribution in [0.5, 0.6) is 0 Å². The highest BCUT2D eigenvalue weighted by Gasteiger charge is 2.15. The number of Topliss-reactive ketones (excluding diaryl/α,β-unsaturated/α-hetero) is 1. The molecule has 1 aromatic carbocycles. The molecule has 0 atom stereocenters. The molecule has 0 aliphatic heterocycles. The maximum atomic E-state index is 11.9. The van der Waals surface area contributed by atoms with Gasteiger partial charge in [0.15, 0.2) is 15.6 Å². The fraction of sp³-hybridized carbons (Fsp3) is 0.385. The molecule has 0 bridgehead atoms. The van der Waals surface area contributed by atoms with Crippen LogP contribution in [0, 0.1) is 0 Å².